The first kappa shape index (κ1) is 19.8. The number of hydrogen-bond donors (Lipinski definition) is 0. The minimum atomic E-state index is -4.62. The maximum absolute atomic E-state index is 13.4. The van der Waals surface area contributed by atoms with E-state index < -0.39 is 18.5 Å². The fraction of sp³-hybridized carbons (Fsp3) is 0.263. The third-order valence-corrected chi connectivity index (χ3v) is 4.42. The Balaban J connectivity index is 1.74. The second-order valence-corrected chi connectivity index (χ2v) is 6.43. The molecule has 9 heteroatoms. The van der Waals surface area contributed by atoms with Gasteiger partial charge in [0.2, 0.25) is 6.23 Å². The van der Waals surface area contributed by atoms with Gasteiger partial charge in [0.15, 0.2) is 0 Å². The van der Waals surface area contributed by atoms with E-state index in [1.807, 2.05) is 12.1 Å². The molecule has 0 bridgehead atoms. The monoisotopic (exact) mass is 407 g/mol. The average molecular weight is 408 g/mol. The van der Waals surface area contributed by atoms with Crippen LogP contribution in [0.1, 0.15) is 11.1 Å². The lowest BCUT2D eigenvalue weighted by molar-refractivity contribution is -0.215. The van der Waals surface area contributed by atoms with Gasteiger partial charge in [0.1, 0.15) is 24.5 Å². The molecule has 0 unspecified atom stereocenters. The quantitative estimate of drug-likeness (QED) is 0.757. The van der Waals surface area contributed by atoms with Gasteiger partial charge < -0.3 is 14.4 Å². The van der Waals surface area contributed by atoms with E-state index in [-0.39, 0.29) is 29.4 Å². The van der Waals surface area contributed by atoms with Gasteiger partial charge in [0.05, 0.1) is 28.8 Å². The summed E-state index contributed by atoms with van der Waals surface area (Å²) in [4.78, 5) is 1.04. The molecular formula is C19H13ClF3N3O2. The molecule has 0 radical (unpaired) electrons. The van der Waals surface area contributed by atoms with Gasteiger partial charge in [0.25, 0.3) is 0 Å². The van der Waals surface area contributed by atoms with E-state index in [2.05, 4.69) is 0 Å². The number of rotatable bonds is 4. The number of halogens is 4. The minimum absolute atomic E-state index is 0.0668. The highest BCUT2D eigenvalue weighted by molar-refractivity contribution is 6.32. The number of nitriles is 2. The Labute approximate surface area is 164 Å². The first-order chi connectivity index (χ1) is 13.3. The maximum atomic E-state index is 13.4. The molecule has 0 spiro atoms. The van der Waals surface area contributed by atoms with Crippen molar-refractivity contribution in [1.29, 1.82) is 10.5 Å². The Bertz CT molecular complexity index is 935. The third kappa shape index (κ3) is 4.30. The van der Waals surface area contributed by atoms with Gasteiger partial charge >= 0.3 is 6.18 Å². The number of benzene rings is 2. The van der Waals surface area contributed by atoms with Crippen molar-refractivity contribution in [2.75, 3.05) is 18.1 Å². The van der Waals surface area contributed by atoms with Gasteiger partial charge in [-0.1, -0.05) is 11.6 Å². The van der Waals surface area contributed by atoms with E-state index in [0.717, 1.165) is 4.90 Å². The second kappa shape index (κ2) is 7.97. The normalized spacial score (nSPS) is 19.1. The zero-order valence-corrected chi connectivity index (χ0v) is 15.0. The summed E-state index contributed by atoms with van der Waals surface area (Å²) >= 11 is 5.95. The molecule has 0 aliphatic carbocycles. The van der Waals surface area contributed by atoms with Gasteiger partial charge in [-0.25, -0.2) is 0 Å². The standard InChI is InChI=1S/C19H13ClF3N3O2/c20-17-7-14(4-3-13(17)9-25)26-10-16(28-18(26)19(21,22)23)11-27-15-5-1-12(8-24)2-6-15/h1-7,16,18H,10-11H2/t16-,18+/m0/s1. The fourth-order valence-electron chi connectivity index (χ4n) is 2.79. The smallest absolute Gasteiger partial charge is 0.433 e. The number of anilines is 1. The van der Waals surface area contributed by atoms with Crippen LogP contribution in [-0.4, -0.2) is 31.7 Å². The largest absolute Gasteiger partial charge is 0.491 e. The summed E-state index contributed by atoms with van der Waals surface area (Å²) in [7, 11) is 0. The van der Waals surface area contributed by atoms with Gasteiger partial charge in [0, 0.05) is 5.69 Å². The molecule has 2 aromatic carbocycles. The first-order valence-corrected chi connectivity index (χ1v) is 8.51. The molecule has 0 saturated carbocycles. The Morgan fingerprint density at radius 2 is 1.86 bits per heavy atom. The number of nitrogens with zero attached hydrogens (tertiary/aromatic N) is 3. The van der Waals surface area contributed by atoms with E-state index in [9.17, 15) is 13.2 Å². The van der Waals surface area contributed by atoms with Crippen molar-refractivity contribution in [3.63, 3.8) is 0 Å². The highest BCUT2D eigenvalue weighted by atomic mass is 35.5. The lowest BCUT2D eigenvalue weighted by Gasteiger charge is -2.26. The molecule has 1 aliphatic rings. The molecule has 1 heterocycles. The summed E-state index contributed by atoms with van der Waals surface area (Å²) in [5.41, 5.74) is 0.826. The molecule has 2 atom stereocenters. The summed E-state index contributed by atoms with van der Waals surface area (Å²) < 4.78 is 51.0. The molecule has 28 heavy (non-hydrogen) atoms. The number of ether oxygens (including phenoxy) is 2. The summed E-state index contributed by atoms with van der Waals surface area (Å²) in [6.07, 6.45) is -7.61. The van der Waals surface area contributed by atoms with Crippen LogP contribution >= 0.6 is 11.6 Å². The van der Waals surface area contributed by atoms with Gasteiger partial charge in [-0.2, -0.15) is 23.7 Å². The van der Waals surface area contributed by atoms with Crippen LogP contribution < -0.4 is 9.64 Å². The number of hydrogen-bond acceptors (Lipinski definition) is 5. The van der Waals surface area contributed by atoms with Crippen molar-refractivity contribution >= 4 is 17.3 Å². The average Bonchev–Trinajstić information content (AvgIpc) is 3.11. The van der Waals surface area contributed by atoms with Crippen molar-refractivity contribution < 1.29 is 22.6 Å². The lowest BCUT2D eigenvalue weighted by Crippen LogP contribution is -2.42. The second-order valence-electron chi connectivity index (χ2n) is 6.03. The molecule has 5 nitrogen and oxygen atoms in total. The predicted octanol–water partition coefficient (Wildman–Crippen LogP) is 4.26. The van der Waals surface area contributed by atoms with Crippen LogP contribution in [0.5, 0.6) is 5.75 Å². The van der Waals surface area contributed by atoms with Crippen molar-refractivity contribution in [2.24, 2.45) is 0 Å². The summed E-state index contributed by atoms with van der Waals surface area (Å²) in [6.45, 7) is -0.165. The molecule has 2 aromatic rings. The lowest BCUT2D eigenvalue weighted by atomic mass is 10.2. The van der Waals surface area contributed by atoms with Gasteiger partial charge in [-0.15, -0.1) is 0 Å². The van der Waals surface area contributed by atoms with Crippen LogP contribution in [0, 0.1) is 22.7 Å². The van der Waals surface area contributed by atoms with Crippen LogP contribution in [0.3, 0.4) is 0 Å². The van der Waals surface area contributed by atoms with E-state index >= 15 is 0 Å². The van der Waals surface area contributed by atoms with Crippen molar-refractivity contribution in [3.05, 3.63) is 58.6 Å². The third-order valence-electron chi connectivity index (χ3n) is 4.11. The van der Waals surface area contributed by atoms with E-state index in [4.69, 9.17) is 31.6 Å². The summed E-state index contributed by atoms with van der Waals surface area (Å²) in [5, 5.41) is 17.8. The summed E-state index contributed by atoms with van der Waals surface area (Å²) in [5.74, 6) is 0.422. The molecule has 1 fully saturated rings. The highest BCUT2D eigenvalue weighted by Gasteiger charge is 2.51. The zero-order valence-electron chi connectivity index (χ0n) is 14.3. The predicted molar refractivity (Wildman–Crippen MR) is 94.9 cm³/mol. The van der Waals surface area contributed by atoms with Crippen molar-refractivity contribution in [3.8, 4) is 17.9 Å². The van der Waals surface area contributed by atoms with Crippen LogP contribution in [0.15, 0.2) is 42.5 Å². The summed E-state index contributed by atoms with van der Waals surface area (Å²) in [6, 6.07) is 14.1. The Kier molecular flexibility index (Phi) is 5.64. The SMILES string of the molecule is N#Cc1ccc(OC[C@@H]2CN(c3ccc(C#N)c(Cl)c3)[C@@H](C(F)(F)F)O2)cc1. The van der Waals surface area contributed by atoms with Crippen LogP contribution in [0.4, 0.5) is 18.9 Å². The first-order valence-electron chi connectivity index (χ1n) is 8.13. The highest BCUT2D eigenvalue weighted by Crippen LogP contribution is 2.36. The Morgan fingerprint density at radius 3 is 2.43 bits per heavy atom. The molecular weight excluding hydrogens is 395 g/mol. The van der Waals surface area contributed by atoms with E-state index in [1.165, 1.54) is 18.2 Å². The van der Waals surface area contributed by atoms with Crippen LogP contribution in [0.25, 0.3) is 0 Å². The molecule has 0 amide bonds. The Morgan fingerprint density at radius 1 is 1.14 bits per heavy atom. The molecule has 1 saturated heterocycles. The fourth-order valence-corrected chi connectivity index (χ4v) is 3.01. The maximum Gasteiger partial charge on any atom is 0.433 e. The van der Waals surface area contributed by atoms with Crippen LogP contribution in [-0.2, 0) is 4.74 Å². The minimum Gasteiger partial charge on any atom is -0.491 e. The van der Waals surface area contributed by atoms with E-state index in [0.29, 0.717) is 11.3 Å². The Hall–Kier alpha value is -2.94. The molecule has 0 aromatic heterocycles. The number of alkyl halides is 3. The van der Waals surface area contributed by atoms with Crippen molar-refractivity contribution in [2.45, 2.75) is 18.5 Å². The van der Waals surface area contributed by atoms with Gasteiger partial charge in [-0.3, -0.25) is 0 Å². The van der Waals surface area contributed by atoms with Crippen LogP contribution in [0.2, 0.25) is 5.02 Å². The van der Waals surface area contributed by atoms with E-state index in [1.54, 1.807) is 24.3 Å². The van der Waals surface area contributed by atoms with Crippen molar-refractivity contribution in [1.82, 2.24) is 0 Å². The molecule has 0 N–H and O–H groups in total. The van der Waals surface area contributed by atoms with Gasteiger partial charge in [-0.05, 0) is 42.5 Å². The molecule has 144 valence electrons. The molecule has 3 rings (SSSR count). The topological polar surface area (TPSA) is 69.3 Å². The molecule has 1 aliphatic heterocycles. The zero-order chi connectivity index (χ0) is 20.3.